The molecular formula is C36H57NO15S3. The highest BCUT2D eigenvalue weighted by Crippen LogP contribution is 2.37. The first-order valence-electron chi connectivity index (χ1n) is 18.5. The quantitative estimate of drug-likeness (QED) is 0.0460. The van der Waals surface area contributed by atoms with E-state index in [1.165, 1.54) is 61.0 Å². The van der Waals surface area contributed by atoms with Gasteiger partial charge in [0.25, 0.3) is 11.8 Å². The Hall–Kier alpha value is -2.39. The number of hydrogen-bond acceptors (Lipinski definition) is 18. The Morgan fingerprint density at radius 1 is 0.600 bits per heavy atom. The number of imide groups is 1. The predicted molar refractivity (Wildman–Crippen MR) is 206 cm³/mol. The van der Waals surface area contributed by atoms with Crippen molar-refractivity contribution in [2.45, 2.75) is 97.1 Å². The molecule has 0 saturated carbocycles. The zero-order valence-electron chi connectivity index (χ0n) is 32.7. The number of amides is 2. The second-order valence-electron chi connectivity index (χ2n) is 12.2. The van der Waals surface area contributed by atoms with Gasteiger partial charge in [0, 0.05) is 33.4 Å². The van der Waals surface area contributed by atoms with Crippen molar-refractivity contribution in [1.29, 1.82) is 0 Å². The molecule has 2 aliphatic heterocycles. The maximum Gasteiger partial charge on any atom is 0.303 e. The molecule has 0 aromatic rings. The Morgan fingerprint density at radius 3 is 1.53 bits per heavy atom. The van der Waals surface area contributed by atoms with Gasteiger partial charge in [0.2, 0.25) is 0 Å². The molecule has 314 valence electrons. The molecule has 0 spiro atoms. The van der Waals surface area contributed by atoms with Gasteiger partial charge in [-0.1, -0.05) is 26.7 Å². The topological polar surface area (TPSA) is 189 Å². The van der Waals surface area contributed by atoms with E-state index in [1.54, 1.807) is 0 Å². The number of unbranched alkanes of at least 4 members (excludes halogenated alkanes) is 2. The highest BCUT2D eigenvalue weighted by Gasteiger charge is 2.52. The van der Waals surface area contributed by atoms with Gasteiger partial charge in [-0.3, -0.25) is 33.7 Å². The molecule has 0 bridgehead atoms. The van der Waals surface area contributed by atoms with E-state index in [2.05, 4.69) is 13.8 Å². The number of carbonyl (C=O) groups excluding carboxylic acids is 6. The second-order valence-corrected chi connectivity index (χ2v) is 15.6. The van der Waals surface area contributed by atoms with Crippen LogP contribution in [0.1, 0.15) is 67.2 Å². The fourth-order valence-corrected chi connectivity index (χ4v) is 8.69. The van der Waals surface area contributed by atoms with Crippen LogP contribution in [0.4, 0.5) is 0 Å². The number of hydrogen-bond donors (Lipinski definition) is 0. The summed E-state index contributed by atoms with van der Waals surface area (Å²) in [7, 11) is 0. The molecule has 5 atom stereocenters. The number of carbonyl (C=O) groups is 6. The first-order valence-corrected chi connectivity index (χ1v) is 21.5. The number of thioether (sulfide) groups is 3. The van der Waals surface area contributed by atoms with Crippen LogP contribution in [0.2, 0.25) is 0 Å². The molecule has 0 aromatic carbocycles. The number of ether oxygens (including phenoxy) is 9. The molecule has 0 N–H and O–H groups in total. The lowest BCUT2D eigenvalue weighted by molar-refractivity contribution is -0.237. The summed E-state index contributed by atoms with van der Waals surface area (Å²) in [6.07, 6.45) is -0.543. The molecule has 2 heterocycles. The molecule has 0 aromatic heterocycles. The van der Waals surface area contributed by atoms with Crippen LogP contribution >= 0.6 is 35.3 Å². The average molecular weight is 840 g/mol. The zero-order valence-corrected chi connectivity index (χ0v) is 35.2. The highest BCUT2D eigenvalue weighted by atomic mass is 32.2. The van der Waals surface area contributed by atoms with E-state index in [0.717, 1.165) is 44.1 Å². The SMILES string of the molecule is CCCCSC1=C(SCCCC)C(=O)N(CCOCCOCCOCCOCCS[C@@H]2O[C@H](COC(C)=O)[C@@H](OC(C)=O)[C@H](OC(C)=O)[C@H]2OC(C)=O)C1=O. The normalized spacial score (nSPS) is 21.2. The average Bonchev–Trinajstić information content (AvgIpc) is 3.34. The molecule has 2 amide bonds. The third kappa shape index (κ3) is 18.6. The van der Waals surface area contributed by atoms with E-state index in [1.807, 2.05) is 0 Å². The van der Waals surface area contributed by atoms with Crippen molar-refractivity contribution < 1.29 is 71.4 Å². The van der Waals surface area contributed by atoms with E-state index in [9.17, 15) is 28.8 Å². The van der Waals surface area contributed by atoms with Crippen LogP contribution in [0.3, 0.4) is 0 Å². The van der Waals surface area contributed by atoms with Gasteiger partial charge in [0.15, 0.2) is 18.3 Å². The van der Waals surface area contributed by atoms with Crippen molar-refractivity contribution in [3.05, 3.63) is 9.81 Å². The lowest BCUT2D eigenvalue weighted by Gasteiger charge is -2.44. The lowest BCUT2D eigenvalue weighted by atomic mass is 9.99. The standard InChI is InChI=1S/C36H57NO15S3/c1-7-9-20-53-32-33(54-21-10-8-2)35(43)37(34(32)42)11-12-44-13-14-45-15-16-46-17-18-47-19-22-55-36-31(51-27(6)41)30(50-26(5)40)29(49-25(4)39)28(52-36)23-48-24(3)38/h28-31,36H,7-23H2,1-6H3/t28-,29-,30+,31-,36+/m1/s1. The van der Waals surface area contributed by atoms with Gasteiger partial charge in [-0.25, -0.2) is 0 Å². The minimum Gasteiger partial charge on any atom is -0.463 e. The first-order chi connectivity index (χ1) is 26.4. The summed E-state index contributed by atoms with van der Waals surface area (Å²) in [6.45, 7) is 11.2. The Balaban J connectivity index is 1.66. The van der Waals surface area contributed by atoms with Crippen molar-refractivity contribution in [2.24, 2.45) is 0 Å². The largest absolute Gasteiger partial charge is 0.463 e. The van der Waals surface area contributed by atoms with Crippen molar-refractivity contribution in [1.82, 2.24) is 4.90 Å². The van der Waals surface area contributed by atoms with Crippen LogP contribution in [-0.2, 0) is 71.4 Å². The van der Waals surface area contributed by atoms with Crippen molar-refractivity contribution in [3.63, 3.8) is 0 Å². The minimum absolute atomic E-state index is 0.192. The maximum atomic E-state index is 13.0. The van der Waals surface area contributed by atoms with Crippen molar-refractivity contribution in [3.8, 4) is 0 Å². The zero-order chi connectivity index (χ0) is 40.6. The number of rotatable bonds is 29. The summed E-state index contributed by atoms with van der Waals surface area (Å²) >= 11 is 4.18. The second kappa shape index (κ2) is 28.1. The van der Waals surface area contributed by atoms with Crippen LogP contribution in [0.5, 0.6) is 0 Å². The van der Waals surface area contributed by atoms with Gasteiger partial charge in [0.05, 0.1) is 69.2 Å². The molecule has 1 fully saturated rings. The highest BCUT2D eigenvalue weighted by molar-refractivity contribution is 8.08. The van der Waals surface area contributed by atoms with Crippen LogP contribution in [0.25, 0.3) is 0 Å². The van der Waals surface area contributed by atoms with Gasteiger partial charge in [-0.15, -0.1) is 35.3 Å². The summed E-state index contributed by atoms with van der Waals surface area (Å²) in [4.78, 5) is 75.8. The van der Waals surface area contributed by atoms with Gasteiger partial charge < -0.3 is 42.6 Å². The number of esters is 4. The first kappa shape index (κ1) is 48.8. The van der Waals surface area contributed by atoms with Crippen molar-refractivity contribution >= 4 is 71.0 Å². The van der Waals surface area contributed by atoms with Gasteiger partial charge in [-0.2, -0.15) is 0 Å². The fraction of sp³-hybridized carbons (Fsp3) is 0.778. The minimum atomic E-state index is -1.22. The summed E-state index contributed by atoms with van der Waals surface area (Å²) in [5.74, 6) is -1.10. The molecule has 0 radical (unpaired) electrons. The van der Waals surface area contributed by atoms with E-state index < -0.39 is 53.7 Å². The maximum absolute atomic E-state index is 13.0. The molecule has 1 saturated heterocycles. The van der Waals surface area contributed by atoms with Gasteiger partial charge >= 0.3 is 23.9 Å². The van der Waals surface area contributed by atoms with Crippen molar-refractivity contribution in [2.75, 3.05) is 83.3 Å². The molecule has 0 unspecified atom stereocenters. The van der Waals surface area contributed by atoms with Crippen LogP contribution in [-0.4, -0.2) is 154 Å². The van der Waals surface area contributed by atoms with E-state index in [4.69, 9.17) is 42.6 Å². The van der Waals surface area contributed by atoms with Crippen LogP contribution in [0.15, 0.2) is 9.81 Å². The molecule has 19 heteroatoms. The molecular weight excluding hydrogens is 783 g/mol. The fourth-order valence-electron chi connectivity index (χ4n) is 5.09. The monoisotopic (exact) mass is 839 g/mol. The lowest BCUT2D eigenvalue weighted by Crippen LogP contribution is -2.61. The van der Waals surface area contributed by atoms with E-state index in [-0.39, 0.29) is 38.2 Å². The Kier molecular flexibility index (Phi) is 24.9. The predicted octanol–water partition coefficient (Wildman–Crippen LogP) is 3.52. The Labute approximate surface area is 336 Å². The molecule has 2 aliphatic rings. The van der Waals surface area contributed by atoms with Crippen LogP contribution < -0.4 is 0 Å². The van der Waals surface area contributed by atoms with E-state index in [0.29, 0.717) is 55.2 Å². The Morgan fingerprint density at radius 2 is 1.05 bits per heavy atom. The van der Waals surface area contributed by atoms with Gasteiger partial charge in [-0.05, 0) is 24.3 Å². The third-order valence-electron chi connectivity index (χ3n) is 7.61. The molecule has 2 rings (SSSR count). The van der Waals surface area contributed by atoms with E-state index >= 15 is 0 Å². The Bertz CT molecular complexity index is 1240. The molecule has 16 nitrogen and oxygen atoms in total. The smallest absolute Gasteiger partial charge is 0.303 e. The molecule has 55 heavy (non-hydrogen) atoms. The summed E-state index contributed by atoms with van der Waals surface area (Å²) in [5, 5.41) is 0. The summed E-state index contributed by atoms with van der Waals surface area (Å²) in [6, 6.07) is 0. The summed E-state index contributed by atoms with van der Waals surface area (Å²) in [5.41, 5.74) is -0.872. The van der Waals surface area contributed by atoms with Gasteiger partial charge in [0.1, 0.15) is 18.1 Å². The third-order valence-corrected chi connectivity index (χ3v) is 11.2. The number of nitrogens with zero attached hydrogens (tertiary/aromatic N) is 1. The summed E-state index contributed by atoms with van der Waals surface area (Å²) < 4.78 is 49.8. The van der Waals surface area contributed by atoms with Crippen LogP contribution in [0, 0.1) is 0 Å². The molecule has 0 aliphatic carbocycles.